The minimum atomic E-state index is -0.572. The van der Waals surface area contributed by atoms with Crippen LogP contribution in [0.4, 0.5) is 0 Å². The van der Waals surface area contributed by atoms with Crippen LogP contribution in [0.1, 0.15) is 16.7 Å². The number of methoxy groups -OCH3 is 1. The first kappa shape index (κ1) is 23.5. The fourth-order valence-corrected chi connectivity index (χ4v) is 3.77. The van der Waals surface area contributed by atoms with Crippen LogP contribution in [-0.4, -0.2) is 80.7 Å². The van der Waals surface area contributed by atoms with Gasteiger partial charge in [-0.05, 0) is 49.2 Å². The standard InChI is InChI=1S/C25H36N2O4/c1-20-4-5-21(2)22(16-20)17-27(11-10-26-12-14-30-15-13-26)18-23(28)19-31-25-8-6-24(29-3)7-9-25/h4-9,16,23,28H,10-15,17-19H2,1-3H3/t23-/m0/s1. The van der Waals surface area contributed by atoms with Gasteiger partial charge in [0.15, 0.2) is 0 Å². The predicted octanol–water partition coefficient (Wildman–Crippen LogP) is 2.89. The highest BCUT2D eigenvalue weighted by atomic mass is 16.5. The van der Waals surface area contributed by atoms with Crippen LogP contribution in [0.2, 0.25) is 0 Å². The Morgan fingerprint density at radius 3 is 2.48 bits per heavy atom. The second-order valence-electron chi connectivity index (χ2n) is 8.26. The zero-order valence-corrected chi connectivity index (χ0v) is 19.0. The molecule has 1 fully saturated rings. The molecular weight excluding hydrogens is 392 g/mol. The second-order valence-corrected chi connectivity index (χ2v) is 8.26. The number of hydrogen-bond donors (Lipinski definition) is 1. The summed E-state index contributed by atoms with van der Waals surface area (Å²) in [5.74, 6) is 1.52. The van der Waals surface area contributed by atoms with E-state index in [1.54, 1.807) is 7.11 Å². The first-order chi connectivity index (χ1) is 15.0. The molecule has 2 aromatic carbocycles. The molecule has 1 aliphatic rings. The second kappa shape index (κ2) is 12.1. The average Bonchev–Trinajstić information content (AvgIpc) is 2.79. The number of nitrogens with zero attached hydrogens (tertiary/aromatic N) is 2. The Labute approximate surface area is 186 Å². The third kappa shape index (κ3) is 7.82. The van der Waals surface area contributed by atoms with E-state index in [1.807, 2.05) is 24.3 Å². The van der Waals surface area contributed by atoms with Crippen LogP contribution >= 0.6 is 0 Å². The monoisotopic (exact) mass is 428 g/mol. The molecule has 0 bridgehead atoms. The van der Waals surface area contributed by atoms with E-state index in [2.05, 4.69) is 41.8 Å². The Kier molecular flexibility index (Phi) is 9.15. The number of ether oxygens (including phenoxy) is 3. The van der Waals surface area contributed by atoms with Gasteiger partial charge in [0.2, 0.25) is 0 Å². The quantitative estimate of drug-likeness (QED) is 0.594. The van der Waals surface area contributed by atoms with E-state index in [0.717, 1.165) is 57.4 Å². The van der Waals surface area contributed by atoms with Crippen LogP contribution in [0.15, 0.2) is 42.5 Å². The van der Waals surface area contributed by atoms with E-state index in [9.17, 15) is 5.11 Å². The molecule has 1 heterocycles. The topological polar surface area (TPSA) is 54.4 Å². The maximum Gasteiger partial charge on any atom is 0.119 e. The van der Waals surface area contributed by atoms with Gasteiger partial charge in [0.05, 0.1) is 20.3 Å². The molecule has 6 heteroatoms. The molecule has 1 N–H and O–H groups in total. The summed E-state index contributed by atoms with van der Waals surface area (Å²) in [7, 11) is 1.64. The molecule has 0 unspecified atom stereocenters. The van der Waals surface area contributed by atoms with E-state index in [-0.39, 0.29) is 6.61 Å². The maximum atomic E-state index is 10.7. The summed E-state index contributed by atoms with van der Waals surface area (Å²) < 4.78 is 16.4. The Morgan fingerprint density at radius 1 is 1.06 bits per heavy atom. The average molecular weight is 429 g/mol. The zero-order chi connectivity index (χ0) is 22.1. The molecule has 170 valence electrons. The number of benzene rings is 2. The Morgan fingerprint density at radius 2 is 1.77 bits per heavy atom. The summed E-state index contributed by atoms with van der Waals surface area (Å²) in [6, 6.07) is 14.0. The Balaban J connectivity index is 1.57. The molecular formula is C25H36N2O4. The molecule has 1 saturated heterocycles. The lowest BCUT2D eigenvalue weighted by Gasteiger charge is -2.31. The van der Waals surface area contributed by atoms with Crippen molar-refractivity contribution in [2.75, 3.05) is 59.7 Å². The molecule has 1 aliphatic heterocycles. The summed E-state index contributed by atoms with van der Waals surface area (Å²) in [5, 5.41) is 10.7. The van der Waals surface area contributed by atoms with Gasteiger partial charge < -0.3 is 19.3 Å². The van der Waals surface area contributed by atoms with E-state index >= 15 is 0 Å². The maximum absolute atomic E-state index is 10.7. The van der Waals surface area contributed by atoms with Crippen molar-refractivity contribution < 1.29 is 19.3 Å². The Hall–Kier alpha value is -2.12. The van der Waals surface area contributed by atoms with Gasteiger partial charge in [0.25, 0.3) is 0 Å². The van der Waals surface area contributed by atoms with Crippen molar-refractivity contribution >= 4 is 0 Å². The molecule has 31 heavy (non-hydrogen) atoms. The van der Waals surface area contributed by atoms with Crippen molar-refractivity contribution in [3.05, 3.63) is 59.2 Å². The van der Waals surface area contributed by atoms with Crippen molar-refractivity contribution in [2.45, 2.75) is 26.5 Å². The fraction of sp³-hybridized carbons (Fsp3) is 0.520. The summed E-state index contributed by atoms with van der Waals surface area (Å²) in [6.45, 7) is 11.3. The predicted molar refractivity (Wildman–Crippen MR) is 123 cm³/mol. The molecule has 2 aromatic rings. The number of morpholine rings is 1. The molecule has 3 rings (SSSR count). The van der Waals surface area contributed by atoms with E-state index < -0.39 is 6.10 Å². The number of rotatable bonds is 11. The van der Waals surface area contributed by atoms with Gasteiger partial charge >= 0.3 is 0 Å². The third-order valence-electron chi connectivity index (χ3n) is 5.71. The molecule has 6 nitrogen and oxygen atoms in total. The lowest BCUT2D eigenvalue weighted by Crippen LogP contribution is -2.43. The minimum absolute atomic E-state index is 0.257. The van der Waals surface area contributed by atoms with E-state index in [1.165, 1.54) is 16.7 Å². The highest BCUT2D eigenvalue weighted by Gasteiger charge is 2.17. The number of hydrogen-bond acceptors (Lipinski definition) is 6. The fourth-order valence-electron chi connectivity index (χ4n) is 3.77. The van der Waals surface area contributed by atoms with Gasteiger partial charge in [0.1, 0.15) is 24.2 Å². The van der Waals surface area contributed by atoms with Gasteiger partial charge in [-0.2, -0.15) is 0 Å². The summed E-state index contributed by atoms with van der Waals surface area (Å²) in [5.41, 5.74) is 3.85. The molecule has 0 amide bonds. The molecule has 0 spiro atoms. The van der Waals surface area contributed by atoms with Gasteiger partial charge in [-0.15, -0.1) is 0 Å². The van der Waals surface area contributed by atoms with E-state index in [0.29, 0.717) is 6.54 Å². The van der Waals surface area contributed by atoms with Gasteiger partial charge in [-0.25, -0.2) is 0 Å². The lowest BCUT2D eigenvalue weighted by molar-refractivity contribution is 0.0255. The zero-order valence-electron chi connectivity index (χ0n) is 19.0. The highest BCUT2D eigenvalue weighted by molar-refractivity contribution is 5.31. The van der Waals surface area contributed by atoms with Gasteiger partial charge in [-0.1, -0.05) is 23.8 Å². The highest BCUT2D eigenvalue weighted by Crippen LogP contribution is 2.18. The van der Waals surface area contributed by atoms with Crippen molar-refractivity contribution in [1.29, 1.82) is 0 Å². The summed E-state index contributed by atoms with van der Waals surface area (Å²) in [4.78, 5) is 4.76. The van der Waals surface area contributed by atoms with Crippen molar-refractivity contribution in [2.24, 2.45) is 0 Å². The number of aliphatic hydroxyl groups excluding tert-OH is 1. The molecule has 0 radical (unpaired) electrons. The van der Waals surface area contributed by atoms with Crippen LogP contribution in [0.5, 0.6) is 11.5 Å². The molecule has 0 aromatic heterocycles. The SMILES string of the molecule is COc1ccc(OC[C@@H](O)CN(CCN2CCOCC2)Cc2cc(C)ccc2C)cc1. The first-order valence-corrected chi connectivity index (χ1v) is 11.1. The first-order valence-electron chi connectivity index (χ1n) is 11.1. The molecule has 0 saturated carbocycles. The largest absolute Gasteiger partial charge is 0.497 e. The van der Waals surface area contributed by atoms with Crippen LogP contribution in [0.3, 0.4) is 0 Å². The Bertz CT molecular complexity index is 791. The lowest BCUT2D eigenvalue weighted by atomic mass is 10.0. The minimum Gasteiger partial charge on any atom is -0.497 e. The third-order valence-corrected chi connectivity index (χ3v) is 5.71. The van der Waals surface area contributed by atoms with Crippen LogP contribution < -0.4 is 9.47 Å². The number of aliphatic hydroxyl groups is 1. The van der Waals surface area contributed by atoms with Crippen LogP contribution in [-0.2, 0) is 11.3 Å². The normalized spacial score (nSPS) is 15.8. The van der Waals surface area contributed by atoms with Crippen LogP contribution in [0, 0.1) is 13.8 Å². The van der Waals surface area contributed by atoms with Crippen LogP contribution in [0.25, 0.3) is 0 Å². The number of aryl methyl sites for hydroxylation is 2. The van der Waals surface area contributed by atoms with Crippen molar-refractivity contribution in [1.82, 2.24) is 9.80 Å². The summed E-state index contributed by atoms with van der Waals surface area (Å²) in [6.07, 6.45) is -0.572. The molecule has 1 atom stereocenters. The summed E-state index contributed by atoms with van der Waals surface area (Å²) >= 11 is 0. The van der Waals surface area contributed by atoms with Crippen molar-refractivity contribution in [3.8, 4) is 11.5 Å². The van der Waals surface area contributed by atoms with E-state index in [4.69, 9.17) is 14.2 Å². The molecule has 0 aliphatic carbocycles. The van der Waals surface area contributed by atoms with Crippen molar-refractivity contribution in [3.63, 3.8) is 0 Å². The van der Waals surface area contributed by atoms with Gasteiger partial charge in [-0.3, -0.25) is 9.80 Å². The van der Waals surface area contributed by atoms with Gasteiger partial charge in [0, 0.05) is 39.3 Å². The smallest absolute Gasteiger partial charge is 0.119 e.